The number of ether oxygens (including phenoxy) is 1. The third-order valence-corrected chi connectivity index (χ3v) is 5.53. The Morgan fingerprint density at radius 3 is 2.39 bits per heavy atom. The predicted molar refractivity (Wildman–Crippen MR) is 93.5 cm³/mol. The van der Waals surface area contributed by atoms with Crippen LogP contribution in [0.4, 0.5) is 0 Å². The summed E-state index contributed by atoms with van der Waals surface area (Å²) in [5.41, 5.74) is 1.54. The Balaban J connectivity index is 1.76. The maximum Gasteiger partial charge on any atom is 0.144 e. The fraction of sp³-hybridized carbons (Fsp3) is 0.312. The van der Waals surface area contributed by atoms with Gasteiger partial charge in [0.25, 0.3) is 0 Å². The minimum Gasteiger partial charge on any atom is -0.381 e. The van der Waals surface area contributed by atoms with Gasteiger partial charge in [0.2, 0.25) is 0 Å². The van der Waals surface area contributed by atoms with Crippen molar-refractivity contribution in [2.75, 3.05) is 13.2 Å². The molecule has 1 aliphatic heterocycles. The van der Waals surface area contributed by atoms with Crippen LogP contribution in [0, 0.1) is 0 Å². The third kappa shape index (κ3) is 2.94. The van der Waals surface area contributed by atoms with Crippen LogP contribution in [0.1, 0.15) is 24.6 Å². The number of hydrogen-bond donors (Lipinski definition) is 0. The molecular weight excluding hydrogens is 353 g/mol. The molecule has 3 aromatic rings. The first kappa shape index (κ1) is 15.3. The van der Waals surface area contributed by atoms with E-state index in [9.17, 15) is 0 Å². The van der Waals surface area contributed by atoms with Gasteiger partial charge in [-0.2, -0.15) is 0 Å². The highest BCUT2D eigenvalue weighted by atomic mass is 35.5. The summed E-state index contributed by atoms with van der Waals surface area (Å²) in [6, 6.07) is 7.93. The van der Waals surface area contributed by atoms with Crippen LogP contribution in [-0.2, 0) is 4.74 Å². The zero-order valence-corrected chi connectivity index (χ0v) is 14.5. The van der Waals surface area contributed by atoms with Crippen LogP contribution < -0.4 is 0 Å². The second-order valence-corrected chi connectivity index (χ2v) is 7.16. The molecule has 0 N–H and O–H groups in total. The summed E-state index contributed by atoms with van der Waals surface area (Å²) in [6.07, 6.45) is 1.79. The lowest BCUT2D eigenvalue weighted by molar-refractivity contribution is 0.0836. The van der Waals surface area contributed by atoms with Crippen molar-refractivity contribution >= 4 is 44.8 Å². The summed E-state index contributed by atoms with van der Waals surface area (Å²) in [5, 5.41) is 1.48. The Kier molecular flexibility index (Phi) is 4.20. The van der Waals surface area contributed by atoms with Crippen molar-refractivity contribution in [3.8, 4) is 10.6 Å². The fourth-order valence-electron chi connectivity index (χ4n) is 2.72. The molecule has 0 bridgehead atoms. The zero-order valence-electron chi connectivity index (χ0n) is 12.1. The third-order valence-electron chi connectivity index (χ3n) is 3.93. The number of benzene rings is 1. The van der Waals surface area contributed by atoms with Crippen LogP contribution in [-0.4, -0.2) is 28.2 Å². The Labute approximate surface area is 147 Å². The normalized spacial score (nSPS) is 16.1. The molecule has 2 aromatic heterocycles. The second kappa shape index (κ2) is 6.32. The largest absolute Gasteiger partial charge is 0.381 e. The van der Waals surface area contributed by atoms with Gasteiger partial charge in [-0.1, -0.05) is 35.3 Å². The standard InChI is InChI=1S/C16H13Cl2N3OS/c17-13-12(16-19-10-3-1-2-4-11(10)23-16)14(18)21-15(20-13)9-5-7-22-8-6-9/h1-4,9H,5-8H2. The molecule has 0 amide bonds. The molecule has 0 spiro atoms. The summed E-state index contributed by atoms with van der Waals surface area (Å²) >= 11 is 14.4. The molecule has 1 aromatic carbocycles. The first-order valence-corrected chi connectivity index (χ1v) is 8.96. The molecular formula is C16H13Cl2N3OS. The van der Waals surface area contributed by atoms with E-state index in [-0.39, 0.29) is 5.92 Å². The van der Waals surface area contributed by atoms with E-state index in [1.807, 2.05) is 24.3 Å². The highest BCUT2D eigenvalue weighted by Crippen LogP contribution is 2.38. The van der Waals surface area contributed by atoms with Crippen molar-refractivity contribution in [1.82, 2.24) is 15.0 Å². The van der Waals surface area contributed by atoms with Gasteiger partial charge in [0.1, 0.15) is 21.1 Å². The number of nitrogens with zero attached hydrogens (tertiary/aromatic N) is 3. The van der Waals surface area contributed by atoms with Gasteiger partial charge in [0.15, 0.2) is 0 Å². The van der Waals surface area contributed by atoms with Gasteiger partial charge >= 0.3 is 0 Å². The van der Waals surface area contributed by atoms with E-state index in [1.54, 1.807) is 11.3 Å². The molecule has 0 aliphatic carbocycles. The molecule has 23 heavy (non-hydrogen) atoms. The Hall–Kier alpha value is -1.27. The van der Waals surface area contributed by atoms with Crippen LogP contribution in [0.15, 0.2) is 24.3 Å². The number of rotatable bonds is 2. The molecule has 4 nitrogen and oxygen atoms in total. The van der Waals surface area contributed by atoms with Crippen molar-refractivity contribution in [3.63, 3.8) is 0 Å². The van der Waals surface area contributed by atoms with Gasteiger partial charge in [0, 0.05) is 19.1 Å². The van der Waals surface area contributed by atoms with Gasteiger partial charge in [-0.05, 0) is 25.0 Å². The molecule has 3 heterocycles. The lowest BCUT2D eigenvalue weighted by Gasteiger charge is -2.21. The highest BCUT2D eigenvalue weighted by Gasteiger charge is 2.23. The average Bonchev–Trinajstić information content (AvgIpc) is 2.98. The SMILES string of the molecule is Clc1nc(C2CCOCC2)nc(Cl)c1-c1nc2ccccc2s1. The molecule has 118 valence electrons. The first-order valence-electron chi connectivity index (χ1n) is 7.39. The van der Waals surface area contributed by atoms with Crippen molar-refractivity contribution < 1.29 is 4.74 Å². The van der Waals surface area contributed by atoms with Crippen LogP contribution in [0.2, 0.25) is 10.3 Å². The summed E-state index contributed by atoms with van der Waals surface area (Å²) in [6.45, 7) is 1.45. The summed E-state index contributed by atoms with van der Waals surface area (Å²) in [5.74, 6) is 0.955. The van der Waals surface area contributed by atoms with Crippen LogP contribution in [0.3, 0.4) is 0 Å². The molecule has 1 fully saturated rings. The lowest BCUT2D eigenvalue weighted by Crippen LogP contribution is -2.16. The first-order chi connectivity index (χ1) is 11.2. The monoisotopic (exact) mass is 365 g/mol. The van der Waals surface area contributed by atoms with Gasteiger partial charge < -0.3 is 4.74 Å². The van der Waals surface area contributed by atoms with Gasteiger partial charge in [0.05, 0.1) is 15.8 Å². The van der Waals surface area contributed by atoms with Crippen molar-refractivity contribution in [2.24, 2.45) is 0 Å². The van der Waals surface area contributed by atoms with E-state index in [0.717, 1.165) is 41.3 Å². The molecule has 0 radical (unpaired) electrons. The minimum absolute atomic E-state index is 0.253. The molecule has 0 atom stereocenters. The van der Waals surface area contributed by atoms with E-state index in [4.69, 9.17) is 27.9 Å². The number of thiazole rings is 1. The van der Waals surface area contributed by atoms with Crippen molar-refractivity contribution in [1.29, 1.82) is 0 Å². The number of halogens is 2. The van der Waals surface area contributed by atoms with E-state index in [2.05, 4.69) is 15.0 Å². The van der Waals surface area contributed by atoms with Crippen LogP contribution >= 0.6 is 34.5 Å². The quantitative estimate of drug-likeness (QED) is 0.602. The van der Waals surface area contributed by atoms with Gasteiger partial charge in [-0.3, -0.25) is 0 Å². The summed E-state index contributed by atoms with van der Waals surface area (Å²) in [7, 11) is 0. The topological polar surface area (TPSA) is 47.9 Å². The van der Waals surface area contributed by atoms with E-state index >= 15 is 0 Å². The van der Waals surface area contributed by atoms with Crippen molar-refractivity contribution in [3.05, 3.63) is 40.4 Å². The minimum atomic E-state index is 0.253. The smallest absolute Gasteiger partial charge is 0.144 e. The maximum atomic E-state index is 6.42. The maximum absolute atomic E-state index is 6.42. The number of aromatic nitrogens is 3. The summed E-state index contributed by atoms with van der Waals surface area (Å²) < 4.78 is 6.46. The fourth-order valence-corrected chi connectivity index (χ4v) is 4.42. The Morgan fingerprint density at radius 2 is 1.70 bits per heavy atom. The van der Waals surface area contributed by atoms with E-state index in [1.165, 1.54) is 0 Å². The second-order valence-electron chi connectivity index (χ2n) is 5.41. The molecule has 1 saturated heterocycles. The molecule has 7 heteroatoms. The van der Waals surface area contributed by atoms with Crippen molar-refractivity contribution in [2.45, 2.75) is 18.8 Å². The van der Waals surface area contributed by atoms with Gasteiger partial charge in [-0.25, -0.2) is 15.0 Å². The average molecular weight is 366 g/mol. The molecule has 4 rings (SSSR count). The predicted octanol–water partition coefficient (Wildman–Crippen LogP) is 4.95. The molecule has 0 saturated carbocycles. The number of para-hydroxylation sites is 1. The van der Waals surface area contributed by atoms with Gasteiger partial charge in [-0.15, -0.1) is 11.3 Å². The zero-order chi connectivity index (χ0) is 15.8. The van der Waals surface area contributed by atoms with Crippen LogP contribution in [0.25, 0.3) is 20.8 Å². The molecule has 0 unspecified atom stereocenters. The van der Waals surface area contributed by atoms with E-state index in [0.29, 0.717) is 21.7 Å². The summed E-state index contributed by atoms with van der Waals surface area (Å²) in [4.78, 5) is 13.6. The van der Waals surface area contributed by atoms with E-state index < -0.39 is 0 Å². The number of fused-ring (bicyclic) bond motifs is 1. The Bertz CT molecular complexity index is 805. The number of hydrogen-bond acceptors (Lipinski definition) is 5. The Morgan fingerprint density at radius 1 is 1.00 bits per heavy atom. The van der Waals surface area contributed by atoms with Crippen LogP contribution in [0.5, 0.6) is 0 Å². The highest BCUT2D eigenvalue weighted by molar-refractivity contribution is 7.21. The lowest BCUT2D eigenvalue weighted by atomic mass is 9.99. The molecule has 1 aliphatic rings.